The van der Waals surface area contributed by atoms with Crippen molar-refractivity contribution in [2.45, 2.75) is 36.4 Å². The van der Waals surface area contributed by atoms with Gasteiger partial charge in [-0.15, -0.1) is 6.58 Å². The fourth-order valence-electron chi connectivity index (χ4n) is 5.25. The molecule has 3 aromatic carbocycles. The summed E-state index contributed by atoms with van der Waals surface area (Å²) in [5.74, 6) is -0.806. The molecule has 5 rings (SSSR count). The van der Waals surface area contributed by atoms with E-state index in [-0.39, 0.29) is 21.2 Å². The number of rotatable bonds is 4. The molecule has 3 atom stereocenters. The SMILES string of the molecule is C=C[C@@H]1c2cccc(C)c2N[C@@H]2N(S(=O)(=O)c3ccc(C)cc3)c3c(Cl)cccc3[C@]12[N+](=O)[O-]. The van der Waals surface area contributed by atoms with E-state index in [0.717, 1.165) is 15.4 Å². The van der Waals surface area contributed by atoms with Crippen LogP contribution in [0.3, 0.4) is 0 Å². The number of hydrogen-bond donors (Lipinski definition) is 1. The third-order valence-corrected chi connectivity index (χ3v) is 8.89. The van der Waals surface area contributed by atoms with Crippen LogP contribution in [0, 0.1) is 24.0 Å². The number of benzene rings is 3. The van der Waals surface area contributed by atoms with Gasteiger partial charge < -0.3 is 5.32 Å². The Hall–Kier alpha value is -3.36. The minimum Gasteiger partial charge on any atom is -0.358 e. The van der Waals surface area contributed by atoms with Gasteiger partial charge in [-0.2, -0.15) is 0 Å². The van der Waals surface area contributed by atoms with Crippen LogP contribution < -0.4 is 9.62 Å². The summed E-state index contributed by atoms with van der Waals surface area (Å²) in [6.07, 6.45) is 0.266. The van der Waals surface area contributed by atoms with Gasteiger partial charge in [-0.3, -0.25) is 10.1 Å². The van der Waals surface area contributed by atoms with Crippen molar-refractivity contribution in [2.75, 3.05) is 9.62 Å². The maximum Gasteiger partial charge on any atom is 0.298 e. The monoisotopic (exact) mass is 495 g/mol. The molecule has 0 unspecified atom stereocenters. The highest BCUT2D eigenvalue weighted by molar-refractivity contribution is 7.93. The molecule has 0 bridgehead atoms. The van der Waals surface area contributed by atoms with Crippen LogP contribution in [0.15, 0.2) is 78.2 Å². The number of halogens is 1. The largest absolute Gasteiger partial charge is 0.358 e. The lowest BCUT2D eigenvalue weighted by Crippen LogP contribution is -2.60. The summed E-state index contributed by atoms with van der Waals surface area (Å²) in [6.45, 7) is 7.65. The number of nitrogens with one attached hydrogen (secondary N) is 1. The first-order valence-electron chi connectivity index (χ1n) is 10.7. The topological polar surface area (TPSA) is 92.6 Å². The van der Waals surface area contributed by atoms with Crippen LogP contribution in [-0.2, 0) is 15.6 Å². The van der Waals surface area contributed by atoms with Crippen LogP contribution in [0.4, 0.5) is 11.4 Å². The average Bonchev–Trinajstić information content (AvgIpc) is 3.11. The van der Waals surface area contributed by atoms with E-state index in [1.165, 1.54) is 18.2 Å². The molecule has 2 aliphatic heterocycles. The molecule has 0 saturated carbocycles. The Morgan fingerprint density at radius 2 is 1.79 bits per heavy atom. The Bertz CT molecular complexity index is 1460. The first-order valence-corrected chi connectivity index (χ1v) is 12.5. The van der Waals surface area contributed by atoms with E-state index in [4.69, 9.17) is 11.6 Å². The molecule has 0 aliphatic carbocycles. The normalized spacial score (nSPS) is 22.9. The van der Waals surface area contributed by atoms with E-state index >= 15 is 0 Å². The summed E-state index contributed by atoms with van der Waals surface area (Å²) >= 11 is 6.57. The summed E-state index contributed by atoms with van der Waals surface area (Å²) < 4.78 is 29.2. The fourth-order valence-corrected chi connectivity index (χ4v) is 7.20. The zero-order valence-electron chi connectivity index (χ0n) is 18.5. The van der Waals surface area contributed by atoms with Gasteiger partial charge in [-0.1, -0.05) is 59.6 Å². The predicted octanol–water partition coefficient (Wildman–Crippen LogP) is 5.36. The van der Waals surface area contributed by atoms with Crippen molar-refractivity contribution in [3.8, 4) is 0 Å². The van der Waals surface area contributed by atoms with Crippen molar-refractivity contribution in [1.82, 2.24) is 0 Å². The van der Waals surface area contributed by atoms with Crippen LogP contribution in [0.1, 0.15) is 28.2 Å². The maximum atomic E-state index is 14.1. The molecule has 0 radical (unpaired) electrons. The molecule has 1 N–H and O–H groups in total. The molecule has 0 aromatic heterocycles. The lowest BCUT2D eigenvalue weighted by molar-refractivity contribution is -0.583. The highest BCUT2D eigenvalue weighted by atomic mass is 35.5. The smallest absolute Gasteiger partial charge is 0.298 e. The zero-order valence-corrected chi connectivity index (χ0v) is 20.1. The van der Waals surface area contributed by atoms with E-state index in [2.05, 4.69) is 11.9 Å². The molecule has 2 heterocycles. The van der Waals surface area contributed by atoms with Crippen molar-refractivity contribution in [2.24, 2.45) is 0 Å². The number of anilines is 2. The Kier molecular flexibility index (Phi) is 5.00. The number of fused-ring (bicyclic) bond motifs is 4. The Morgan fingerprint density at radius 3 is 2.44 bits per heavy atom. The third-order valence-electron chi connectivity index (χ3n) is 6.80. The van der Waals surface area contributed by atoms with E-state index in [1.807, 2.05) is 32.0 Å². The van der Waals surface area contributed by atoms with Gasteiger partial charge in [0.15, 0.2) is 6.17 Å². The number of para-hydroxylation sites is 2. The quantitative estimate of drug-likeness (QED) is 0.299. The molecule has 0 saturated heterocycles. The summed E-state index contributed by atoms with van der Waals surface area (Å²) in [4.78, 5) is 12.6. The molecule has 0 fully saturated rings. The number of aryl methyl sites for hydroxylation is 2. The molecule has 0 spiro atoms. The molecule has 174 valence electrons. The van der Waals surface area contributed by atoms with Gasteiger partial charge in [-0.25, -0.2) is 12.7 Å². The van der Waals surface area contributed by atoms with Crippen molar-refractivity contribution >= 4 is 33.0 Å². The highest BCUT2D eigenvalue weighted by Crippen LogP contribution is 2.60. The first-order chi connectivity index (χ1) is 16.1. The van der Waals surface area contributed by atoms with Crippen LogP contribution in [0.25, 0.3) is 0 Å². The van der Waals surface area contributed by atoms with Crippen LogP contribution in [0.5, 0.6) is 0 Å². The Labute approximate surface area is 202 Å². The third kappa shape index (κ3) is 2.78. The molecular weight excluding hydrogens is 474 g/mol. The molecule has 0 amide bonds. The minimum absolute atomic E-state index is 0.0238. The summed E-state index contributed by atoms with van der Waals surface area (Å²) in [5.41, 5.74) is 1.54. The lowest BCUT2D eigenvalue weighted by Gasteiger charge is -2.42. The van der Waals surface area contributed by atoms with E-state index in [1.54, 1.807) is 30.3 Å². The molecule has 3 aromatic rings. The number of hydrogen-bond acceptors (Lipinski definition) is 5. The minimum atomic E-state index is -4.23. The van der Waals surface area contributed by atoms with Crippen LogP contribution in [-0.4, -0.2) is 19.5 Å². The molecule has 9 heteroatoms. The standard InChI is InChI=1S/C25H22ClN3O4S/c1-4-19-18-8-5-7-16(3)22(18)27-24-25(19,29(30)31)20-9-6-10-21(26)23(20)28(24)34(32,33)17-13-11-15(2)12-14-17/h4-14,19,24,27H,1H2,2-3H3/t19-,24-,25-/m1/s1. The van der Waals surface area contributed by atoms with Gasteiger partial charge in [0.2, 0.25) is 0 Å². The Balaban J connectivity index is 1.88. The van der Waals surface area contributed by atoms with E-state index < -0.39 is 32.6 Å². The second-order valence-corrected chi connectivity index (χ2v) is 10.9. The second kappa shape index (κ2) is 7.58. The second-order valence-electron chi connectivity index (χ2n) is 8.63. The van der Waals surface area contributed by atoms with Gasteiger partial charge in [0.1, 0.15) is 0 Å². The van der Waals surface area contributed by atoms with Crippen molar-refractivity contribution in [3.63, 3.8) is 0 Å². The maximum absolute atomic E-state index is 14.1. The van der Waals surface area contributed by atoms with E-state index in [0.29, 0.717) is 11.3 Å². The summed E-state index contributed by atoms with van der Waals surface area (Å²) in [5, 5.41) is 16.3. The molecular formula is C25H22ClN3O4S. The predicted molar refractivity (Wildman–Crippen MR) is 132 cm³/mol. The molecule has 2 aliphatic rings. The van der Waals surface area contributed by atoms with Gasteiger partial charge in [0.05, 0.1) is 27.1 Å². The average molecular weight is 496 g/mol. The highest BCUT2D eigenvalue weighted by Gasteiger charge is 2.70. The van der Waals surface area contributed by atoms with Crippen LogP contribution >= 0.6 is 11.6 Å². The molecule has 7 nitrogen and oxygen atoms in total. The van der Waals surface area contributed by atoms with Gasteiger partial charge in [-0.05, 0) is 49.2 Å². The fraction of sp³-hybridized carbons (Fsp3) is 0.200. The zero-order chi connectivity index (χ0) is 24.4. The van der Waals surface area contributed by atoms with Crippen molar-refractivity contribution in [1.29, 1.82) is 0 Å². The number of nitro groups is 1. The van der Waals surface area contributed by atoms with Crippen molar-refractivity contribution in [3.05, 3.63) is 111 Å². The number of sulfonamides is 1. The van der Waals surface area contributed by atoms with Crippen molar-refractivity contribution < 1.29 is 13.3 Å². The Morgan fingerprint density at radius 1 is 1.12 bits per heavy atom. The first kappa shape index (κ1) is 22.4. The summed E-state index contributed by atoms with van der Waals surface area (Å²) in [7, 11) is -4.23. The summed E-state index contributed by atoms with van der Waals surface area (Å²) in [6, 6.07) is 16.6. The number of nitrogens with zero attached hydrogens (tertiary/aromatic N) is 2. The lowest BCUT2D eigenvalue weighted by atomic mass is 9.71. The van der Waals surface area contributed by atoms with Gasteiger partial charge >= 0.3 is 0 Å². The van der Waals surface area contributed by atoms with Gasteiger partial charge in [0.25, 0.3) is 15.6 Å². The van der Waals surface area contributed by atoms with Crippen LogP contribution in [0.2, 0.25) is 5.02 Å². The van der Waals surface area contributed by atoms with Gasteiger partial charge in [0, 0.05) is 10.6 Å². The van der Waals surface area contributed by atoms with E-state index in [9.17, 15) is 18.5 Å². The molecule has 34 heavy (non-hydrogen) atoms.